The number of ether oxygens (including phenoxy) is 1. The summed E-state index contributed by atoms with van der Waals surface area (Å²) in [5.41, 5.74) is 0. The second-order valence-electron chi connectivity index (χ2n) is 2.83. The molecule has 0 saturated heterocycles. The standard InChI is InChI=1S/C9H17NO3.Na/c1-3-4-5-6-8(11)13-9(12)7-10-2;/h10H,3-7H2,1-2H3;. The van der Waals surface area contributed by atoms with Gasteiger partial charge in [0.1, 0.15) is 0 Å². The number of rotatable bonds is 6. The van der Waals surface area contributed by atoms with Crippen LogP contribution in [0.5, 0.6) is 0 Å². The molecule has 0 atom stereocenters. The molecule has 0 saturated carbocycles. The molecule has 0 rings (SSSR count). The molecule has 0 amide bonds. The van der Waals surface area contributed by atoms with E-state index in [2.05, 4.69) is 17.0 Å². The number of esters is 2. The van der Waals surface area contributed by atoms with Crippen LogP contribution in [-0.4, -0.2) is 55.1 Å². The third-order valence-electron chi connectivity index (χ3n) is 1.53. The Morgan fingerprint density at radius 1 is 1.21 bits per heavy atom. The van der Waals surface area contributed by atoms with Crippen LogP contribution in [0, 0.1) is 0 Å². The fourth-order valence-electron chi connectivity index (χ4n) is 0.878. The molecule has 0 aliphatic rings. The van der Waals surface area contributed by atoms with Gasteiger partial charge in [-0.3, -0.25) is 9.59 Å². The fraction of sp³-hybridized carbons (Fsp3) is 0.778. The first kappa shape index (κ1) is 16.5. The van der Waals surface area contributed by atoms with Crippen molar-refractivity contribution >= 4 is 41.5 Å². The first-order valence-electron chi connectivity index (χ1n) is 4.58. The van der Waals surface area contributed by atoms with Crippen molar-refractivity contribution in [2.24, 2.45) is 0 Å². The van der Waals surface area contributed by atoms with Crippen LogP contribution in [0.3, 0.4) is 0 Å². The number of unbranched alkanes of at least 4 members (excludes halogenated alkanes) is 2. The summed E-state index contributed by atoms with van der Waals surface area (Å²) in [5.74, 6) is -0.933. The molecule has 0 aromatic carbocycles. The van der Waals surface area contributed by atoms with Crippen molar-refractivity contribution in [3.05, 3.63) is 0 Å². The van der Waals surface area contributed by atoms with Gasteiger partial charge in [0.05, 0.1) is 6.54 Å². The van der Waals surface area contributed by atoms with Gasteiger partial charge in [-0.2, -0.15) is 0 Å². The Bertz CT molecular complexity index is 173. The van der Waals surface area contributed by atoms with Crippen LogP contribution in [-0.2, 0) is 14.3 Å². The SMILES string of the molecule is CCCCCC(=O)OC(=O)CNC.[Na]. The van der Waals surface area contributed by atoms with Crippen molar-refractivity contribution in [1.29, 1.82) is 0 Å². The predicted molar refractivity (Wildman–Crippen MR) is 54.9 cm³/mol. The molecule has 0 aliphatic heterocycles. The Hall–Kier alpha value is 0.1000. The maximum Gasteiger partial charge on any atom is 0.327 e. The number of hydrogen-bond acceptors (Lipinski definition) is 4. The zero-order valence-electron chi connectivity index (χ0n) is 9.26. The van der Waals surface area contributed by atoms with Gasteiger partial charge in [-0.15, -0.1) is 0 Å². The maximum atomic E-state index is 10.9. The van der Waals surface area contributed by atoms with Crippen molar-refractivity contribution in [3.63, 3.8) is 0 Å². The van der Waals surface area contributed by atoms with Crippen molar-refractivity contribution < 1.29 is 14.3 Å². The number of hydrogen-bond donors (Lipinski definition) is 1. The molecule has 1 N–H and O–H groups in total. The van der Waals surface area contributed by atoms with Gasteiger partial charge >= 0.3 is 11.9 Å². The molecule has 0 fully saturated rings. The number of carbonyl (C=O) groups is 2. The third-order valence-corrected chi connectivity index (χ3v) is 1.53. The van der Waals surface area contributed by atoms with E-state index in [4.69, 9.17) is 0 Å². The second-order valence-corrected chi connectivity index (χ2v) is 2.83. The van der Waals surface area contributed by atoms with E-state index < -0.39 is 11.9 Å². The Labute approximate surface area is 107 Å². The molecule has 0 aromatic heterocycles. The van der Waals surface area contributed by atoms with Gasteiger partial charge < -0.3 is 10.1 Å². The number of likely N-dealkylation sites (N-methyl/N-ethyl adjacent to an activating group) is 1. The predicted octanol–water partition coefficient (Wildman–Crippen LogP) is 0.475. The fourth-order valence-corrected chi connectivity index (χ4v) is 0.878. The average molecular weight is 210 g/mol. The first-order chi connectivity index (χ1) is 6.20. The van der Waals surface area contributed by atoms with E-state index in [-0.39, 0.29) is 36.1 Å². The zero-order valence-corrected chi connectivity index (χ0v) is 11.3. The van der Waals surface area contributed by atoms with E-state index in [0.717, 1.165) is 19.3 Å². The minimum atomic E-state index is -0.510. The van der Waals surface area contributed by atoms with Gasteiger partial charge in [-0.25, -0.2) is 0 Å². The van der Waals surface area contributed by atoms with E-state index in [9.17, 15) is 9.59 Å². The summed E-state index contributed by atoms with van der Waals surface area (Å²) < 4.78 is 4.50. The largest absolute Gasteiger partial charge is 0.392 e. The molecule has 0 aromatic rings. The molecule has 4 nitrogen and oxygen atoms in total. The molecule has 0 aliphatic carbocycles. The van der Waals surface area contributed by atoms with Gasteiger partial charge in [-0.1, -0.05) is 19.8 Å². The molecule has 1 radical (unpaired) electrons. The van der Waals surface area contributed by atoms with Crippen molar-refractivity contribution in [2.45, 2.75) is 32.6 Å². The number of nitrogens with one attached hydrogen (secondary N) is 1. The molecule has 5 heteroatoms. The Morgan fingerprint density at radius 3 is 2.36 bits per heavy atom. The van der Waals surface area contributed by atoms with Gasteiger partial charge in [0.2, 0.25) is 0 Å². The van der Waals surface area contributed by atoms with Crippen molar-refractivity contribution in [2.75, 3.05) is 13.6 Å². The smallest absolute Gasteiger partial charge is 0.327 e. The third kappa shape index (κ3) is 10.2. The summed E-state index contributed by atoms with van der Waals surface area (Å²) >= 11 is 0. The van der Waals surface area contributed by atoms with Crippen molar-refractivity contribution in [3.8, 4) is 0 Å². The van der Waals surface area contributed by atoms with Crippen LogP contribution >= 0.6 is 0 Å². The van der Waals surface area contributed by atoms with Crippen LogP contribution in [0.4, 0.5) is 0 Å². The monoisotopic (exact) mass is 210 g/mol. The van der Waals surface area contributed by atoms with Crippen LogP contribution in [0.25, 0.3) is 0 Å². The summed E-state index contributed by atoms with van der Waals surface area (Å²) in [6.07, 6.45) is 3.18. The maximum absolute atomic E-state index is 10.9. The summed E-state index contributed by atoms with van der Waals surface area (Å²) in [6, 6.07) is 0. The van der Waals surface area contributed by atoms with E-state index >= 15 is 0 Å². The molecule has 0 spiro atoms. The normalized spacial score (nSPS) is 9.00. The topological polar surface area (TPSA) is 55.4 Å². The van der Waals surface area contributed by atoms with Gasteiger partial charge in [0, 0.05) is 36.0 Å². The summed E-state index contributed by atoms with van der Waals surface area (Å²) in [5, 5.41) is 2.61. The molecule has 0 unspecified atom stereocenters. The average Bonchev–Trinajstić information content (AvgIpc) is 2.05. The first-order valence-corrected chi connectivity index (χ1v) is 4.58. The quantitative estimate of drug-likeness (QED) is 0.300. The summed E-state index contributed by atoms with van der Waals surface area (Å²) in [7, 11) is 1.63. The van der Waals surface area contributed by atoms with Crippen molar-refractivity contribution in [1.82, 2.24) is 5.32 Å². The van der Waals surface area contributed by atoms with Crippen LogP contribution in [0.1, 0.15) is 32.6 Å². The van der Waals surface area contributed by atoms with E-state index in [1.807, 2.05) is 0 Å². The molecular weight excluding hydrogens is 193 g/mol. The molecule has 0 bridgehead atoms. The summed E-state index contributed by atoms with van der Waals surface area (Å²) in [4.78, 5) is 21.7. The Morgan fingerprint density at radius 2 is 1.86 bits per heavy atom. The van der Waals surface area contributed by atoms with Crippen LogP contribution in [0.15, 0.2) is 0 Å². The Balaban J connectivity index is 0. The molecule has 0 heterocycles. The van der Waals surface area contributed by atoms with Crippen LogP contribution < -0.4 is 5.32 Å². The minimum absolute atomic E-state index is 0. The number of carbonyl (C=O) groups excluding carboxylic acids is 2. The van der Waals surface area contributed by atoms with E-state index in [1.165, 1.54) is 0 Å². The van der Waals surface area contributed by atoms with E-state index in [0.29, 0.717) is 6.42 Å². The summed E-state index contributed by atoms with van der Waals surface area (Å²) in [6.45, 7) is 2.14. The van der Waals surface area contributed by atoms with Gasteiger partial charge in [0.25, 0.3) is 0 Å². The van der Waals surface area contributed by atoms with E-state index in [1.54, 1.807) is 7.05 Å². The minimum Gasteiger partial charge on any atom is -0.392 e. The second kappa shape index (κ2) is 11.2. The van der Waals surface area contributed by atoms with Gasteiger partial charge in [0.15, 0.2) is 0 Å². The Kier molecular flexibility index (Phi) is 13.2. The zero-order chi connectivity index (χ0) is 10.1. The van der Waals surface area contributed by atoms with Crippen LogP contribution in [0.2, 0.25) is 0 Å². The molecular formula is C9H17NNaO3. The van der Waals surface area contributed by atoms with Gasteiger partial charge in [-0.05, 0) is 13.5 Å². The molecule has 77 valence electrons. The molecule has 14 heavy (non-hydrogen) atoms.